The van der Waals surface area contributed by atoms with Gasteiger partial charge in [-0.2, -0.15) is 0 Å². The molecule has 0 aromatic heterocycles. The van der Waals surface area contributed by atoms with Gasteiger partial charge in [0.2, 0.25) is 0 Å². The summed E-state index contributed by atoms with van der Waals surface area (Å²) < 4.78 is 11.9. The Morgan fingerprint density at radius 3 is 2.86 bits per heavy atom. The topological polar surface area (TPSA) is 44.5 Å². The van der Waals surface area contributed by atoms with Crippen molar-refractivity contribution in [2.75, 3.05) is 6.61 Å². The third-order valence-corrected chi connectivity index (χ3v) is 4.44. The van der Waals surface area contributed by atoms with E-state index in [1.165, 1.54) is 24.0 Å². The van der Waals surface area contributed by atoms with E-state index in [0.717, 1.165) is 23.5 Å². The van der Waals surface area contributed by atoms with E-state index in [9.17, 15) is 0 Å². The minimum atomic E-state index is -0.150. The number of hydrogen-bond donors (Lipinski definition) is 1. The highest BCUT2D eigenvalue weighted by atomic mass is 16.5. The van der Waals surface area contributed by atoms with E-state index < -0.39 is 0 Å². The van der Waals surface area contributed by atoms with Crippen LogP contribution in [0.15, 0.2) is 42.5 Å². The van der Waals surface area contributed by atoms with Crippen molar-refractivity contribution in [2.24, 2.45) is 5.73 Å². The van der Waals surface area contributed by atoms with Gasteiger partial charge < -0.3 is 15.2 Å². The second-order valence-electron chi connectivity index (χ2n) is 5.81. The lowest BCUT2D eigenvalue weighted by atomic mass is 9.99. The molecule has 0 bridgehead atoms. The van der Waals surface area contributed by atoms with Crippen LogP contribution in [0.3, 0.4) is 0 Å². The number of para-hydroxylation sites is 1. The summed E-state index contributed by atoms with van der Waals surface area (Å²) in [5.41, 5.74) is 10.2. The van der Waals surface area contributed by atoms with E-state index >= 15 is 0 Å². The lowest BCUT2D eigenvalue weighted by molar-refractivity contribution is 0.0877. The number of benzene rings is 2. The maximum atomic E-state index is 6.35. The number of fused-ring (bicyclic) bond motifs is 2. The van der Waals surface area contributed by atoms with Gasteiger partial charge >= 0.3 is 0 Å². The monoisotopic (exact) mass is 281 g/mol. The van der Waals surface area contributed by atoms with Crippen molar-refractivity contribution < 1.29 is 9.47 Å². The van der Waals surface area contributed by atoms with Crippen molar-refractivity contribution in [1.82, 2.24) is 0 Å². The molecule has 4 rings (SSSR count). The van der Waals surface area contributed by atoms with Gasteiger partial charge in [0.15, 0.2) is 6.10 Å². The lowest BCUT2D eigenvalue weighted by Crippen LogP contribution is -2.40. The largest absolute Gasteiger partial charge is 0.489 e. The smallest absolute Gasteiger partial charge is 0.152 e. The molecule has 2 atom stereocenters. The molecule has 2 aromatic rings. The Bertz CT molecular complexity index is 668. The maximum absolute atomic E-state index is 6.35. The Hall–Kier alpha value is -2.00. The van der Waals surface area contributed by atoms with Crippen LogP contribution in [0.2, 0.25) is 0 Å². The van der Waals surface area contributed by atoms with Gasteiger partial charge in [-0.25, -0.2) is 0 Å². The summed E-state index contributed by atoms with van der Waals surface area (Å²) in [5, 5.41) is 0. The zero-order valence-electron chi connectivity index (χ0n) is 11.9. The fraction of sp³-hybridized carbons (Fsp3) is 0.333. The van der Waals surface area contributed by atoms with Gasteiger partial charge in [0.1, 0.15) is 18.1 Å². The Morgan fingerprint density at radius 1 is 1.05 bits per heavy atom. The fourth-order valence-corrected chi connectivity index (χ4v) is 3.27. The van der Waals surface area contributed by atoms with E-state index in [1.807, 2.05) is 24.3 Å². The summed E-state index contributed by atoms with van der Waals surface area (Å²) in [7, 11) is 0. The Labute approximate surface area is 124 Å². The average Bonchev–Trinajstić information content (AvgIpc) is 2.98. The van der Waals surface area contributed by atoms with Crippen molar-refractivity contribution in [3.05, 3.63) is 59.2 Å². The normalized spacial score (nSPS) is 23.1. The minimum Gasteiger partial charge on any atom is -0.489 e. The summed E-state index contributed by atoms with van der Waals surface area (Å²) in [6, 6.07) is 14.2. The lowest BCUT2D eigenvalue weighted by Gasteiger charge is -2.31. The molecule has 0 saturated heterocycles. The molecule has 2 unspecified atom stereocenters. The summed E-state index contributed by atoms with van der Waals surface area (Å²) in [4.78, 5) is 0. The van der Waals surface area contributed by atoms with E-state index in [1.54, 1.807) is 0 Å². The molecule has 0 spiro atoms. The molecule has 2 aliphatic rings. The van der Waals surface area contributed by atoms with Gasteiger partial charge in [-0.3, -0.25) is 0 Å². The number of rotatable bonds is 2. The predicted octanol–water partition coefficient (Wildman–Crippen LogP) is 3.02. The molecule has 0 saturated carbocycles. The molecular formula is C18H19NO2. The highest BCUT2D eigenvalue weighted by molar-refractivity contribution is 5.40. The standard InChI is InChI=1S/C18H19NO2/c19-18-15-6-1-2-7-16(15)20-11-17(18)21-14-9-8-12-4-3-5-13(12)10-14/h1-2,6-10,17-18H,3-5,11,19H2. The van der Waals surface area contributed by atoms with Crippen molar-refractivity contribution >= 4 is 0 Å². The van der Waals surface area contributed by atoms with Crippen LogP contribution in [0.4, 0.5) is 0 Å². The third-order valence-electron chi connectivity index (χ3n) is 4.44. The van der Waals surface area contributed by atoms with Gasteiger partial charge in [-0.15, -0.1) is 0 Å². The first-order valence-corrected chi connectivity index (χ1v) is 7.57. The highest BCUT2D eigenvalue weighted by Crippen LogP contribution is 2.33. The van der Waals surface area contributed by atoms with Gasteiger partial charge in [-0.05, 0) is 48.6 Å². The molecule has 21 heavy (non-hydrogen) atoms. The van der Waals surface area contributed by atoms with E-state index in [2.05, 4.69) is 18.2 Å². The first kappa shape index (κ1) is 12.7. The zero-order valence-corrected chi connectivity index (χ0v) is 11.9. The SMILES string of the molecule is NC1c2ccccc2OCC1Oc1ccc2c(c1)CCC2. The van der Waals surface area contributed by atoms with Crippen molar-refractivity contribution in [3.8, 4) is 11.5 Å². The molecule has 1 aliphatic heterocycles. The summed E-state index contributed by atoms with van der Waals surface area (Å²) in [5.74, 6) is 1.78. The predicted molar refractivity (Wildman–Crippen MR) is 81.7 cm³/mol. The molecule has 2 aromatic carbocycles. The zero-order chi connectivity index (χ0) is 14.2. The van der Waals surface area contributed by atoms with Crippen molar-refractivity contribution in [3.63, 3.8) is 0 Å². The van der Waals surface area contributed by atoms with E-state index in [0.29, 0.717) is 6.61 Å². The highest BCUT2D eigenvalue weighted by Gasteiger charge is 2.29. The van der Waals surface area contributed by atoms with Gasteiger partial charge in [0, 0.05) is 5.56 Å². The second-order valence-corrected chi connectivity index (χ2v) is 5.81. The molecule has 3 heteroatoms. The molecule has 0 radical (unpaired) electrons. The van der Waals surface area contributed by atoms with Gasteiger partial charge in [0.05, 0.1) is 6.04 Å². The van der Waals surface area contributed by atoms with Crippen LogP contribution in [0.1, 0.15) is 29.2 Å². The average molecular weight is 281 g/mol. The van der Waals surface area contributed by atoms with Crippen LogP contribution < -0.4 is 15.2 Å². The van der Waals surface area contributed by atoms with Crippen LogP contribution in [-0.4, -0.2) is 12.7 Å². The molecule has 0 amide bonds. The maximum Gasteiger partial charge on any atom is 0.152 e. The number of aryl methyl sites for hydroxylation is 2. The molecule has 2 N–H and O–H groups in total. The van der Waals surface area contributed by atoms with Crippen molar-refractivity contribution in [2.45, 2.75) is 31.4 Å². The number of hydrogen-bond acceptors (Lipinski definition) is 3. The number of nitrogens with two attached hydrogens (primary N) is 1. The van der Waals surface area contributed by atoms with Gasteiger partial charge in [-0.1, -0.05) is 24.3 Å². The molecule has 1 heterocycles. The van der Waals surface area contributed by atoms with Gasteiger partial charge in [0.25, 0.3) is 0 Å². The van der Waals surface area contributed by atoms with Crippen LogP contribution in [-0.2, 0) is 12.8 Å². The fourth-order valence-electron chi connectivity index (χ4n) is 3.27. The molecule has 3 nitrogen and oxygen atoms in total. The second kappa shape index (κ2) is 5.08. The first-order chi connectivity index (χ1) is 10.3. The Kier molecular flexibility index (Phi) is 3.08. The Morgan fingerprint density at radius 2 is 1.90 bits per heavy atom. The van der Waals surface area contributed by atoms with E-state index in [4.69, 9.17) is 15.2 Å². The molecule has 108 valence electrons. The van der Waals surface area contributed by atoms with Crippen molar-refractivity contribution in [1.29, 1.82) is 0 Å². The van der Waals surface area contributed by atoms with Crippen LogP contribution in [0, 0.1) is 0 Å². The summed E-state index contributed by atoms with van der Waals surface area (Å²) in [6.07, 6.45) is 3.45. The van der Waals surface area contributed by atoms with Crippen LogP contribution in [0.25, 0.3) is 0 Å². The molecule has 0 fully saturated rings. The molecular weight excluding hydrogens is 262 g/mol. The summed E-state index contributed by atoms with van der Waals surface area (Å²) >= 11 is 0. The minimum absolute atomic E-state index is 0.139. The van der Waals surface area contributed by atoms with Crippen LogP contribution >= 0.6 is 0 Å². The summed E-state index contributed by atoms with van der Waals surface area (Å²) in [6.45, 7) is 0.495. The number of ether oxygens (including phenoxy) is 2. The van der Waals surface area contributed by atoms with Crippen LogP contribution in [0.5, 0.6) is 11.5 Å². The molecule has 1 aliphatic carbocycles. The third kappa shape index (κ3) is 2.28. The van der Waals surface area contributed by atoms with E-state index in [-0.39, 0.29) is 12.1 Å². The first-order valence-electron chi connectivity index (χ1n) is 7.57. The quantitative estimate of drug-likeness (QED) is 0.920. The Balaban J connectivity index is 1.56.